The summed E-state index contributed by atoms with van der Waals surface area (Å²) in [5.41, 5.74) is 0.814. The van der Waals surface area contributed by atoms with Gasteiger partial charge in [-0.25, -0.2) is 17.8 Å². The van der Waals surface area contributed by atoms with E-state index in [4.69, 9.17) is 0 Å². The third kappa shape index (κ3) is 5.29. The van der Waals surface area contributed by atoms with Crippen molar-refractivity contribution < 1.29 is 17.6 Å². The summed E-state index contributed by atoms with van der Waals surface area (Å²) in [4.78, 5) is 25.4. The highest BCUT2D eigenvalue weighted by Crippen LogP contribution is 2.23. The first-order valence-electron chi connectivity index (χ1n) is 10.3. The number of hydrogen-bond acceptors (Lipinski definition) is 7. The van der Waals surface area contributed by atoms with Crippen LogP contribution in [0.4, 0.5) is 4.39 Å². The lowest BCUT2D eigenvalue weighted by atomic mass is 10.2. The molecule has 170 valence electrons. The second-order valence-electron chi connectivity index (χ2n) is 7.50. The highest BCUT2D eigenvalue weighted by molar-refractivity contribution is 7.89. The molecule has 11 heteroatoms. The molecule has 32 heavy (non-hydrogen) atoms. The van der Waals surface area contributed by atoms with Gasteiger partial charge >= 0.3 is 0 Å². The number of halogens is 1. The van der Waals surface area contributed by atoms with Crippen molar-refractivity contribution in [3.8, 4) is 0 Å². The van der Waals surface area contributed by atoms with Gasteiger partial charge in [-0.2, -0.15) is 4.72 Å². The molecule has 0 bridgehead atoms. The van der Waals surface area contributed by atoms with E-state index in [1.54, 1.807) is 4.90 Å². The molecule has 1 aromatic carbocycles. The summed E-state index contributed by atoms with van der Waals surface area (Å²) in [6.07, 6.45) is 2.87. The maximum Gasteiger partial charge on any atom is 0.242 e. The van der Waals surface area contributed by atoms with Crippen molar-refractivity contribution in [1.82, 2.24) is 24.5 Å². The van der Waals surface area contributed by atoms with Crippen LogP contribution in [0.15, 0.2) is 53.7 Å². The Morgan fingerprint density at radius 1 is 1.16 bits per heavy atom. The maximum atomic E-state index is 13.4. The highest BCUT2D eigenvalue weighted by atomic mass is 32.2. The van der Waals surface area contributed by atoms with Gasteiger partial charge in [0.2, 0.25) is 15.9 Å². The summed E-state index contributed by atoms with van der Waals surface area (Å²) in [6.45, 7) is 1.86. The number of amides is 1. The number of carbonyl (C=O) groups excluding carboxylic acids is 1. The van der Waals surface area contributed by atoms with E-state index in [0.29, 0.717) is 37.7 Å². The first-order valence-corrected chi connectivity index (χ1v) is 12.6. The van der Waals surface area contributed by atoms with E-state index in [-0.39, 0.29) is 17.2 Å². The summed E-state index contributed by atoms with van der Waals surface area (Å²) in [5, 5.41) is 0.675. The normalized spacial score (nSPS) is 16.3. The van der Waals surface area contributed by atoms with Crippen molar-refractivity contribution in [2.75, 3.05) is 39.4 Å². The van der Waals surface area contributed by atoms with Crippen molar-refractivity contribution in [2.24, 2.45) is 0 Å². The molecule has 0 aliphatic carbocycles. The average Bonchev–Trinajstić information content (AvgIpc) is 3.22. The van der Waals surface area contributed by atoms with Crippen LogP contribution in [0.3, 0.4) is 0 Å². The Hall–Kier alpha value is -2.47. The number of benzene rings is 1. The van der Waals surface area contributed by atoms with Gasteiger partial charge in [0.05, 0.1) is 15.2 Å². The molecule has 4 rings (SSSR count). The average molecular weight is 478 g/mol. The Bertz CT molecular complexity index is 1130. The van der Waals surface area contributed by atoms with E-state index in [9.17, 15) is 17.6 Å². The largest absolute Gasteiger partial charge is 0.339 e. The number of sulfonamides is 1. The molecule has 3 heterocycles. The molecule has 0 radical (unpaired) electrons. The predicted octanol–water partition coefficient (Wildman–Crippen LogP) is 1.69. The van der Waals surface area contributed by atoms with Crippen molar-refractivity contribution in [3.05, 3.63) is 53.8 Å². The highest BCUT2D eigenvalue weighted by Gasteiger charge is 2.32. The lowest BCUT2D eigenvalue weighted by molar-refractivity contribution is -0.134. The smallest absolute Gasteiger partial charge is 0.242 e. The summed E-state index contributed by atoms with van der Waals surface area (Å²) < 4.78 is 42.1. The molecule has 0 spiro atoms. The number of hydrogen-bond donors (Lipinski definition) is 1. The molecule has 1 aliphatic heterocycles. The van der Waals surface area contributed by atoms with Crippen LogP contribution in [0, 0.1) is 0 Å². The lowest BCUT2D eigenvalue weighted by Gasteiger charge is -2.36. The molecular weight excluding hydrogens is 453 g/mol. The van der Waals surface area contributed by atoms with Crippen LogP contribution >= 0.6 is 11.3 Å². The molecular formula is C21H24FN5O3S2. The van der Waals surface area contributed by atoms with Crippen molar-refractivity contribution in [2.45, 2.75) is 17.4 Å². The van der Waals surface area contributed by atoms with Gasteiger partial charge in [0.25, 0.3) is 0 Å². The number of alkyl halides is 1. The third-order valence-corrected chi connectivity index (χ3v) is 7.86. The molecule has 0 saturated carbocycles. The van der Waals surface area contributed by atoms with Crippen LogP contribution in [0.2, 0.25) is 0 Å². The second-order valence-corrected chi connectivity index (χ2v) is 10.3. The van der Waals surface area contributed by atoms with Gasteiger partial charge in [0.1, 0.15) is 17.6 Å². The molecule has 3 aromatic rings. The molecule has 1 aliphatic rings. The Kier molecular flexibility index (Phi) is 7.09. The third-order valence-electron chi connectivity index (χ3n) is 5.34. The number of pyridine rings is 1. The fourth-order valence-electron chi connectivity index (χ4n) is 3.65. The summed E-state index contributed by atoms with van der Waals surface area (Å²) in [6, 6.07) is 9.58. The first-order chi connectivity index (χ1) is 15.5. The number of nitrogens with zero attached hydrogens (tertiary/aromatic N) is 4. The molecule has 1 atom stereocenters. The van der Waals surface area contributed by atoms with Gasteiger partial charge in [-0.3, -0.25) is 14.7 Å². The zero-order valence-corrected chi connectivity index (χ0v) is 19.0. The van der Waals surface area contributed by atoms with Crippen LogP contribution in [0.5, 0.6) is 0 Å². The number of para-hydroxylation sites is 1. The minimum Gasteiger partial charge on any atom is -0.339 e. The standard InChI is InChI=1S/C21H24FN5O3S2/c22-7-9-26-10-12-27(13-11-26)21(28)18(25-32(29,30)16-4-3-8-23-15-16)14-20-24-17-5-1-2-6-19(17)31-20/h1-6,8,15,18,25H,7,9-14H2/t18-/m0/s1. The number of piperazine rings is 1. The molecule has 1 saturated heterocycles. The van der Waals surface area contributed by atoms with Crippen molar-refractivity contribution >= 4 is 37.5 Å². The molecule has 0 unspecified atom stereocenters. The molecule has 1 fully saturated rings. The van der Waals surface area contributed by atoms with E-state index in [1.807, 2.05) is 29.2 Å². The molecule has 1 amide bonds. The van der Waals surface area contributed by atoms with E-state index in [0.717, 1.165) is 10.2 Å². The minimum absolute atomic E-state index is 0.00475. The minimum atomic E-state index is -3.96. The Morgan fingerprint density at radius 2 is 1.94 bits per heavy atom. The number of carbonyl (C=O) groups is 1. The predicted molar refractivity (Wildman–Crippen MR) is 121 cm³/mol. The number of rotatable bonds is 8. The Labute approximate surface area is 190 Å². The van der Waals surface area contributed by atoms with Crippen LogP contribution in [-0.2, 0) is 21.2 Å². The van der Waals surface area contributed by atoms with Crippen LogP contribution in [0.1, 0.15) is 5.01 Å². The number of aromatic nitrogens is 2. The van der Waals surface area contributed by atoms with Crippen molar-refractivity contribution in [1.29, 1.82) is 0 Å². The van der Waals surface area contributed by atoms with E-state index >= 15 is 0 Å². The molecule has 8 nitrogen and oxygen atoms in total. The van der Waals surface area contributed by atoms with E-state index in [2.05, 4.69) is 14.7 Å². The first kappa shape index (κ1) is 22.7. The van der Waals surface area contributed by atoms with E-state index in [1.165, 1.54) is 35.9 Å². The number of nitrogens with one attached hydrogen (secondary N) is 1. The monoisotopic (exact) mass is 477 g/mol. The summed E-state index contributed by atoms with van der Waals surface area (Å²) >= 11 is 1.44. The number of fused-ring (bicyclic) bond motifs is 1. The summed E-state index contributed by atoms with van der Waals surface area (Å²) in [5.74, 6) is -0.309. The quantitative estimate of drug-likeness (QED) is 0.531. The Morgan fingerprint density at radius 3 is 2.62 bits per heavy atom. The maximum absolute atomic E-state index is 13.4. The second kappa shape index (κ2) is 9.99. The van der Waals surface area contributed by atoms with Gasteiger partial charge in [0.15, 0.2) is 0 Å². The van der Waals surface area contributed by atoms with Crippen LogP contribution in [-0.4, -0.2) is 79.5 Å². The zero-order chi connectivity index (χ0) is 22.6. The van der Waals surface area contributed by atoms with Gasteiger partial charge < -0.3 is 4.90 Å². The Balaban J connectivity index is 1.56. The van der Waals surface area contributed by atoms with Gasteiger partial charge in [-0.1, -0.05) is 12.1 Å². The van der Waals surface area contributed by atoms with E-state index < -0.39 is 22.7 Å². The zero-order valence-electron chi connectivity index (χ0n) is 17.4. The van der Waals surface area contributed by atoms with Gasteiger partial charge in [-0.15, -0.1) is 11.3 Å². The summed E-state index contributed by atoms with van der Waals surface area (Å²) in [7, 11) is -3.96. The lowest BCUT2D eigenvalue weighted by Crippen LogP contribution is -2.55. The van der Waals surface area contributed by atoms with Crippen LogP contribution < -0.4 is 4.72 Å². The van der Waals surface area contributed by atoms with Crippen molar-refractivity contribution in [3.63, 3.8) is 0 Å². The fraction of sp³-hybridized carbons (Fsp3) is 0.381. The van der Waals surface area contributed by atoms with Crippen LogP contribution in [0.25, 0.3) is 10.2 Å². The molecule has 2 aromatic heterocycles. The topological polar surface area (TPSA) is 95.5 Å². The molecule has 1 N–H and O–H groups in total. The fourth-order valence-corrected chi connectivity index (χ4v) is 5.82. The van der Waals surface area contributed by atoms with Gasteiger partial charge in [-0.05, 0) is 24.3 Å². The van der Waals surface area contributed by atoms with Gasteiger partial charge in [0, 0.05) is 51.5 Å². The SMILES string of the molecule is O=C([C@H](Cc1nc2ccccc2s1)NS(=O)(=O)c1cccnc1)N1CCN(CCF)CC1. The number of thiazole rings is 1.